The molecule has 12 heteroatoms. The highest BCUT2D eigenvalue weighted by molar-refractivity contribution is 6.42. The second-order valence-corrected chi connectivity index (χ2v) is 7.47. The molecule has 8 nitrogen and oxygen atoms in total. The van der Waals surface area contributed by atoms with Crippen molar-refractivity contribution < 1.29 is 28.0 Å². The van der Waals surface area contributed by atoms with Crippen molar-refractivity contribution in [1.29, 1.82) is 0 Å². The molecule has 0 aromatic heterocycles. The number of hydrogen-bond donors (Lipinski definition) is 3. The predicted molar refractivity (Wildman–Crippen MR) is 122 cm³/mol. The number of nitrogens with zero attached hydrogens (tertiary/aromatic N) is 1. The molecule has 0 saturated carbocycles. The van der Waals surface area contributed by atoms with Gasteiger partial charge in [-0.15, -0.1) is 0 Å². The number of urea groups is 2. The number of nitrogens with one attached hydrogen (secondary N) is 2. The molecule has 3 aromatic rings. The molecule has 0 atom stereocenters. The maximum absolute atomic E-state index is 13.7. The zero-order valence-electron chi connectivity index (χ0n) is 16.9. The van der Waals surface area contributed by atoms with Crippen LogP contribution in [0.2, 0.25) is 10.0 Å². The van der Waals surface area contributed by atoms with Gasteiger partial charge in [0.15, 0.2) is 0 Å². The van der Waals surface area contributed by atoms with Gasteiger partial charge >= 0.3 is 12.1 Å². The van der Waals surface area contributed by atoms with E-state index in [9.17, 15) is 28.0 Å². The molecule has 0 saturated heterocycles. The molecule has 6 amide bonds. The van der Waals surface area contributed by atoms with Crippen LogP contribution in [-0.2, 0) is 0 Å². The van der Waals surface area contributed by atoms with E-state index >= 15 is 0 Å². The van der Waals surface area contributed by atoms with Crippen LogP contribution >= 0.6 is 23.2 Å². The van der Waals surface area contributed by atoms with E-state index in [1.54, 1.807) is 5.32 Å². The molecule has 0 radical (unpaired) electrons. The van der Waals surface area contributed by atoms with Crippen LogP contribution in [0.25, 0.3) is 0 Å². The Morgan fingerprint density at radius 3 is 2.03 bits per heavy atom. The van der Waals surface area contributed by atoms with Crippen LogP contribution in [0.3, 0.4) is 0 Å². The highest BCUT2D eigenvalue weighted by Gasteiger charge is 2.24. The van der Waals surface area contributed by atoms with Crippen LogP contribution in [0.5, 0.6) is 0 Å². The third-order valence-electron chi connectivity index (χ3n) is 4.39. The van der Waals surface area contributed by atoms with Crippen molar-refractivity contribution in [2.45, 2.75) is 0 Å². The lowest BCUT2D eigenvalue weighted by molar-refractivity contribution is 0.0956. The number of rotatable bonds is 4. The molecule has 0 unspecified atom stereocenters. The Morgan fingerprint density at radius 2 is 1.47 bits per heavy atom. The summed E-state index contributed by atoms with van der Waals surface area (Å²) in [5, 5.41) is 4.40. The summed E-state index contributed by atoms with van der Waals surface area (Å²) < 4.78 is 27.3. The molecule has 34 heavy (non-hydrogen) atoms. The molecule has 0 aliphatic heterocycles. The average molecular weight is 507 g/mol. The van der Waals surface area contributed by atoms with Crippen LogP contribution < -0.4 is 21.3 Å². The zero-order valence-corrected chi connectivity index (χ0v) is 18.5. The molecule has 3 rings (SSSR count). The molecule has 0 aliphatic rings. The Balaban J connectivity index is 1.71. The van der Waals surface area contributed by atoms with Crippen molar-refractivity contribution in [3.05, 3.63) is 93.5 Å². The molecule has 0 spiro atoms. The second kappa shape index (κ2) is 10.3. The number of halogens is 4. The van der Waals surface area contributed by atoms with Gasteiger partial charge in [0, 0.05) is 11.3 Å². The number of benzene rings is 3. The maximum Gasteiger partial charge on any atom is 0.326 e. The number of carbonyl (C=O) groups is 4. The van der Waals surface area contributed by atoms with E-state index in [2.05, 4.69) is 5.32 Å². The van der Waals surface area contributed by atoms with Crippen LogP contribution in [0.4, 0.5) is 29.7 Å². The van der Waals surface area contributed by atoms with Crippen LogP contribution in [0.15, 0.2) is 60.7 Å². The van der Waals surface area contributed by atoms with E-state index in [-0.39, 0.29) is 27.0 Å². The number of carbonyl (C=O) groups excluding carboxylic acids is 4. The summed E-state index contributed by atoms with van der Waals surface area (Å²) in [5.41, 5.74) is 4.69. The van der Waals surface area contributed by atoms with Gasteiger partial charge in [-0.25, -0.2) is 23.3 Å². The van der Waals surface area contributed by atoms with Gasteiger partial charge in [0.25, 0.3) is 11.8 Å². The van der Waals surface area contributed by atoms with Crippen LogP contribution in [-0.4, -0.2) is 23.9 Å². The van der Waals surface area contributed by atoms with E-state index in [4.69, 9.17) is 28.9 Å². The number of hydrogen-bond acceptors (Lipinski definition) is 4. The smallest absolute Gasteiger partial charge is 0.326 e. The third kappa shape index (κ3) is 5.48. The maximum atomic E-state index is 13.7. The first-order valence-electron chi connectivity index (χ1n) is 9.34. The van der Waals surface area contributed by atoms with Crippen molar-refractivity contribution in [2.24, 2.45) is 5.73 Å². The summed E-state index contributed by atoms with van der Waals surface area (Å²) in [5.74, 6) is -4.32. The van der Waals surface area contributed by atoms with E-state index in [0.29, 0.717) is 4.90 Å². The first kappa shape index (κ1) is 24.6. The summed E-state index contributed by atoms with van der Waals surface area (Å²) in [6.45, 7) is 0. The minimum Gasteiger partial charge on any atom is -0.351 e. The van der Waals surface area contributed by atoms with E-state index in [0.717, 1.165) is 18.2 Å². The highest BCUT2D eigenvalue weighted by Crippen LogP contribution is 2.28. The Labute approximate surface area is 201 Å². The predicted octanol–water partition coefficient (Wildman–Crippen LogP) is 4.96. The average Bonchev–Trinajstić information content (AvgIpc) is 2.76. The van der Waals surface area contributed by atoms with Gasteiger partial charge in [-0.3, -0.25) is 14.9 Å². The Morgan fingerprint density at radius 1 is 0.853 bits per heavy atom. The van der Waals surface area contributed by atoms with Crippen molar-refractivity contribution in [2.75, 3.05) is 10.2 Å². The fraction of sp³-hybridized carbons (Fsp3) is 0. The van der Waals surface area contributed by atoms with Gasteiger partial charge in [0.1, 0.15) is 17.2 Å². The van der Waals surface area contributed by atoms with Gasteiger partial charge in [0.2, 0.25) is 0 Å². The molecule has 3 aromatic carbocycles. The lowest BCUT2D eigenvalue weighted by Crippen LogP contribution is -2.40. The molecule has 0 heterocycles. The van der Waals surface area contributed by atoms with Crippen molar-refractivity contribution in [1.82, 2.24) is 5.32 Å². The number of primary amides is 1. The summed E-state index contributed by atoms with van der Waals surface area (Å²) in [4.78, 5) is 49.4. The quantitative estimate of drug-likeness (QED) is 0.462. The standard InChI is InChI=1S/C22H14Cl2F2N4O4/c23-14-9-8-13(10-15(14)24)30(21(27)33)20(32)11-4-6-12(7-5-11)28-22(34)29-19(31)18-16(25)2-1-3-17(18)26/h1-10H,(H2,27,33)(H2,28,29,31,34). The molecule has 4 N–H and O–H groups in total. The number of amides is 6. The highest BCUT2D eigenvalue weighted by atomic mass is 35.5. The lowest BCUT2D eigenvalue weighted by atomic mass is 10.1. The molecule has 0 bridgehead atoms. The Kier molecular flexibility index (Phi) is 7.44. The minimum atomic E-state index is -1.28. The van der Waals surface area contributed by atoms with Crippen LogP contribution in [0.1, 0.15) is 20.7 Å². The number of nitrogens with two attached hydrogens (primary N) is 1. The van der Waals surface area contributed by atoms with Gasteiger partial charge < -0.3 is 11.1 Å². The second-order valence-electron chi connectivity index (χ2n) is 6.66. The number of anilines is 2. The Hall–Kier alpha value is -4.02. The van der Waals surface area contributed by atoms with E-state index < -0.39 is 41.1 Å². The van der Waals surface area contributed by atoms with E-state index in [1.165, 1.54) is 42.5 Å². The third-order valence-corrected chi connectivity index (χ3v) is 5.13. The molecule has 174 valence electrons. The van der Waals surface area contributed by atoms with E-state index in [1.807, 2.05) is 0 Å². The normalized spacial score (nSPS) is 10.4. The molecular weight excluding hydrogens is 493 g/mol. The first-order valence-corrected chi connectivity index (χ1v) is 10.1. The van der Waals surface area contributed by atoms with Crippen molar-refractivity contribution in [3.63, 3.8) is 0 Å². The summed E-state index contributed by atoms with van der Waals surface area (Å²) in [6.07, 6.45) is 0. The Bertz CT molecular complexity index is 1280. The largest absolute Gasteiger partial charge is 0.351 e. The summed E-state index contributed by atoms with van der Waals surface area (Å²) in [7, 11) is 0. The fourth-order valence-corrected chi connectivity index (χ4v) is 3.13. The topological polar surface area (TPSA) is 122 Å². The van der Waals surface area contributed by atoms with Gasteiger partial charge in [-0.1, -0.05) is 29.3 Å². The fourth-order valence-electron chi connectivity index (χ4n) is 2.84. The van der Waals surface area contributed by atoms with Gasteiger partial charge in [-0.05, 0) is 54.6 Å². The van der Waals surface area contributed by atoms with Gasteiger partial charge in [-0.2, -0.15) is 0 Å². The lowest BCUT2D eigenvalue weighted by Gasteiger charge is -2.19. The van der Waals surface area contributed by atoms with Crippen LogP contribution in [0, 0.1) is 11.6 Å². The molecular formula is C22H14Cl2F2N4O4. The van der Waals surface area contributed by atoms with Crippen molar-refractivity contribution in [3.8, 4) is 0 Å². The zero-order chi connectivity index (χ0) is 25.0. The number of imide groups is 2. The molecule has 0 aliphatic carbocycles. The molecule has 0 fully saturated rings. The summed E-state index contributed by atoms with van der Waals surface area (Å²) >= 11 is 11.8. The first-order chi connectivity index (χ1) is 16.1. The monoisotopic (exact) mass is 506 g/mol. The SMILES string of the molecule is NC(=O)N(C(=O)c1ccc(NC(=O)NC(=O)c2c(F)cccc2F)cc1)c1ccc(Cl)c(Cl)c1. The van der Waals surface area contributed by atoms with Crippen molar-refractivity contribution >= 4 is 58.5 Å². The van der Waals surface area contributed by atoms with Gasteiger partial charge in [0.05, 0.1) is 15.7 Å². The minimum absolute atomic E-state index is 0.0281. The summed E-state index contributed by atoms with van der Waals surface area (Å²) in [6, 6.07) is 9.92.